The second kappa shape index (κ2) is 16.4. The van der Waals surface area contributed by atoms with Crippen molar-refractivity contribution in [2.75, 3.05) is 23.7 Å². The topological polar surface area (TPSA) is 92.2 Å². The number of allylic oxidation sites excluding steroid dienone is 5. The van der Waals surface area contributed by atoms with Crippen molar-refractivity contribution in [3.63, 3.8) is 0 Å². The molecule has 3 heterocycles. The second-order valence-electron chi connectivity index (χ2n) is 11.5. The fourth-order valence-electron chi connectivity index (χ4n) is 4.89. The standard InChI is InChI=1S/C33H40N6O2.C3H8/c1-7-25(29-20-35-38(6)21-29)10-8-23(4)26-14-16-39(17-15-26)33(41)27-11-9-24(5)30(18-27)37-32(40)28-12-13-31(34-19-28)36-22(2)3;1-3-2/h7-13,18-22,26H,4,14-17H2,1-3,5-6H3,(H,34,36)(H,37,40);3H2,1-2H3/b10-8-,25-7+;. The highest BCUT2D eigenvalue weighted by Crippen LogP contribution is 2.27. The Morgan fingerprint density at radius 1 is 1.05 bits per heavy atom. The quantitative estimate of drug-likeness (QED) is 0.247. The lowest BCUT2D eigenvalue weighted by Gasteiger charge is -2.32. The molecule has 0 unspecified atom stereocenters. The fourth-order valence-corrected chi connectivity index (χ4v) is 4.89. The summed E-state index contributed by atoms with van der Waals surface area (Å²) in [4.78, 5) is 32.5. The van der Waals surface area contributed by atoms with Crippen molar-refractivity contribution < 1.29 is 9.59 Å². The van der Waals surface area contributed by atoms with Crippen LogP contribution in [0.1, 0.15) is 85.7 Å². The van der Waals surface area contributed by atoms with E-state index in [0.29, 0.717) is 35.8 Å². The third-order valence-electron chi connectivity index (χ3n) is 7.33. The molecule has 0 atom stereocenters. The van der Waals surface area contributed by atoms with Gasteiger partial charge in [0, 0.05) is 55.4 Å². The van der Waals surface area contributed by atoms with E-state index in [1.807, 2.05) is 64.2 Å². The van der Waals surface area contributed by atoms with Crippen LogP contribution in [-0.4, -0.2) is 50.6 Å². The van der Waals surface area contributed by atoms with Gasteiger partial charge in [0.15, 0.2) is 0 Å². The Morgan fingerprint density at radius 2 is 1.73 bits per heavy atom. The Balaban J connectivity index is 0.00000169. The summed E-state index contributed by atoms with van der Waals surface area (Å²) in [5, 5.41) is 10.4. The summed E-state index contributed by atoms with van der Waals surface area (Å²) < 4.78 is 1.79. The third kappa shape index (κ3) is 9.53. The van der Waals surface area contributed by atoms with Crippen molar-refractivity contribution in [2.24, 2.45) is 13.0 Å². The monoisotopic (exact) mass is 596 g/mol. The number of pyridine rings is 1. The molecular formula is C36H48N6O2. The predicted octanol–water partition coefficient (Wildman–Crippen LogP) is 7.68. The van der Waals surface area contributed by atoms with Crippen LogP contribution in [0.15, 0.2) is 79.3 Å². The van der Waals surface area contributed by atoms with Gasteiger partial charge in [0.2, 0.25) is 0 Å². The van der Waals surface area contributed by atoms with Crippen LogP contribution >= 0.6 is 0 Å². The van der Waals surface area contributed by atoms with Gasteiger partial charge >= 0.3 is 0 Å². The minimum absolute atomic E-state index is 0.0290. The summed E-state index contributed by atoms with van der Waals surface area (Å²) in [6.07, 6.45) is 14.6. The highest BCUT2D eigenvalue weighted by molar-refractivity contribution is 6.05. The Kier molecular flexibility index (Phi) is 12.7. The van der Waals surface area contributed by atoms with E-state index in [1.54, 1.807) is 29.1 Å². The van der Waals surface area contributed by atoms with Crippen LogP contribution in [0.4, 0.5) is 11.5 Å². The number of amides is 2. The van der Waals surface area contributed by atoms with Gasteiger partial charge in [-0.25, -0.2) is 4.98 Å². The van der Waals surface area contributed by atoms with Crippen LogP contribution in [-0.2, 0) is 7.05 Å². The molecule has 0 spiro atoms. The molecule has 44 heavy (non-hydrogen) atoms. The lowest BCUT2D eigenvalue weighted by atomic mass is 9.89. The van der Waals surface area contributed by atoms with Crippen molar-refractivity contribution in [3.05, 3.63) is 102 Å². The zero-order chi connectivity index (χ0) is 32.2. The molecule has 1 aliphatic rings. The minimum Gasteiger partial charge on any atom is -0.368 e. The fraction of sp³-hybridized carbons (Fsp3) is 0.389. The largest absolute Gasteiger partial charge is 0.368 e. The average molecular weight is 597 g/mol. The number of piperidine rings is 1. The molecule has 1 fully saturated rings. The van der Waals surface area contributed by atoms with Gasteiger partial charge in [-0.15, -0.1) is 0 Å². The molecule has 2 amide bonds. The predicted molar refractivity (Wildman–Crippen MR) is 182 cm³/mol. The van der Waals surface area contributed by atoms with E-state index in [9.17, 15) is 9.59 Å². The van der Waals surface area contributed by atoms with Crippen LogP contribution in [0.2, 0.25) is 0 Å². The number of benzene rings is 1. The van der Waals surface area contributed by atoms with Gasteiger partial charge in [0.25, 0.3) is 11.8 Å². The maximum Gasteiger partial charge on any atom is 0.257 e. The molecule has 2 N–H and O–H groups in total. The Labute approximate surface area is 263 Å². The first kappa shape index (κ1) is 34.0. The number of hydrogen-bond donors (Lipinski definition) is 2. The Morgan fingerprint density at radius 3 is 2.30 bits per heavy atom. The molecule has 0 aliphatic carbocycles. The Bertz CT molecular complexity index is 1470. The lowest BCUT2D eigenvalue weighted by molar-refractivity contribution is 0.0703. The van der Waals surface area contributed by atoms with Gasteiger partial charge in [0.1, 0.15) is 5.82 Å². The number of nitrogens with one attached hydrogen (secondary N) is 2. The first-order valence-corrected chi connectivity index (χ1v) is 15.5. The van der Waals surface area contributed by atoms with Crippen LogP contribution in [0.5, 0.6) is 0 Å². The number of likely N-dealkylation sites (tertiary alicyclic amines) is 1. The van der Waals surface area contributed by atoms with Crippen LogP contribution < -0.4 is 10.6 Å². The first-order chi connectivity index (χ1) is 21.1. The van der Waals surface area contributed by atoms with Crippen LogP contribution in [0, 0.1) is 12.8 Å². The molecule has 4 rings (SSSR count). The molecule has 1 aliphatic heterocycles. The van der Waals surface area contributed by atoms with E-state index < -0.39 is 0 Å². The summed E-state index contributed by atoms with van der Waals surface area (Å²) in [5.41, 5.74) is 5.76. The van der Waals surface area contributed by atoms with Crippen molar-refractivity contribution >= 4 is 28.9 Å². The number of carbonyl (C=O) groups excluding carboxylic acids is 2. The van der Waals surface area contributed by atoms with E-state index in [1.165, 1.54) is 6.42 Å². The zero-order valence-corrected chi connectivity index (χ0v) is 27.4. The number of aromatic nitrogens is 3. The van der Waals surface area contributed by atoms with Crippen LogP contribution in [0.3, 0.4) is 0 Å². The third-order valence-corrected chi connectivity index (χ3v) is 7.33. The maximum absolute atomic E-state index is 13.4. The summed E-state index contributed by atoms with van der Waals surface area (Å²) in [6.45, 7) is 17.9. The van der Waals surface area contributed by atoms with Crippen LogP contribution in [0.25, 0.3) is 5.57 Å². The molecular weight excluding hydrogens is 548 g/mol. The zero-order valence-electron chi connectivity index (χ0n) is 27.4. The SMILES string of the molecule is C=C(/C=C\C(=C/C)c1cnn(C)c1)C1CCN(C(=O)c2ccc(C)c(NC(=O)c3ccc(NC(C)C)nc3)c2)CC1.CCC. The summed E-state index contributed by atoms with van der Waals surface area (Å²) in [7, 11) is 1.91. The molecule has 0 saturated carbocycles. The minimum atomic E-state index is -0.265. The number of anilines is 2. The van der Waals surface area contributed by atoms with Gasteiger partial charge in [-0.3, -0.25) is 14.3 Å². The van der Waals surface area contributed by atoms with E-state index >= 15 is 0 Å². The molecule has 0 radical (unpaired) electrons. The van der Waals surface area contributed by atoms with Gasteiger partial charge < -0.3 is 15.5 Å². The number of carbonyl (C=O) groups is 2. The average Bonchev–Trinajstić information content (AvgIpc) is 3.44. The highest BCUT2D eigenvalue weighted by atomic mass is 16.2. The van der Waals surface area contributed by atoms with Gasteiger partial charge in [-0.05, 0) is 81.9 Å². The molecule has 0 bridgehead atoms. The number of nitrogens with zero attached hydrogens (tertiary/aromatic N) is 4. The summed E-state index contributed by atoms with van der Waals surface area (Å²) in [5.74, 6) is 0.749. The molecule has 1 saturated heterocycles. The molecule has 2 aromatic heterocycles. The van der Waals surface area contributed by atoms with E-state index in [-0.39, 0.29) is 17.9 Å². The molecule has 8 heteroatoms. The van der Waals surface area contributed by atoms with Crippen molar-refractivity contribution in [1.82, 2.24) is 19.7 Å². The normalized spacial score (nSPS) is 13.9. The van der Waals surface area contributed by atoms with E-state index in [4.69, 9.17) is 0 Å². The van der Waals surface area contributed by atoms with Gasteiger partial charge in [-0.2, -0.15) is 5.10 Å². The maximum atomic E-state index is 13.4. The van der Waals surface area contributed by atoms with Crippen molar-refractivity contribution in [2.45, 2.75) is 66.8 Å². The van der Waals surface area contributed by atoms with Gasteiger partial charge in [-0.1, -0.05) is 56.7 Å². The first-order valence-electron chi connectivity index (χ1n) is 15.5. The van der Waals surface area contributed by atoms with E-state index in [0.717, 1.165) is 40.9 Å². The molecule has 234 valence electrons. The highest BCUT2D eigenvalue weighted by Gasteiger charge is 2.25. The summed E-state index contributed by atoms with van der Waals surface area (Å²) in [6, 6.07) is 9.24. The smallest absolute Gasteiger partial charge is 0.257 e. The molecule has 1 aromatic carbocycles. The van der Waals surface area contributed by atoms with Crippen molar-refractivity contribution in [1.29, 1.82) is 0 Å². The number of aryl methyl sites for hydroxylation is 2. The lowest BCUT2D eigenvalue weighted by Crippen LogP contribution is -2.38. The van der Waals surface area contributed by atoms with Crippen molar-refractivity contribution in [3.8, 4) is 0 Å². The molecule has 3 aromatic rings. The second-order valence-corrected chi connectivity index (χ2v) is 11.5. The number of rotatable bonds is 9. The van der Waals surface area contributed by atoms with E-state index in [2.05, 4.69) is 59.4 Å². The number of hydrogen-bond acceptors (Lipinski definition) is 5. The molecule has 8 nitrogen and oxygen atoms in total. The Hall–Kier alpha value is -4.46. The summed E-state index contributed by atoms with van der Waals surface area (Å²) >= 11 is 0. The van der Waals surface area contributed by atoms with Gasteiger partial charge in [0.05, 0.1) is 11.8 Å².